The van der Waals surface area contributed by atoms with E-state index in [9.17, 15) is 0 Å². The second-order valence-electron chi connectivity index (χ2n) is 13.8. The lowest BCUT2D eigenvalue weighted by atomic mass is 9.81. The monoisotopic (exact) mass is 640 g/mol. The number of furan rings is 1. The summed E-state index contributed by atoms with van der Waals surface area (Å²) in [5.41, 5.74) is 14.3. The molecule has 1 aliphatic rings. The molecule has 0 saturated carbocycles. The molecule has 0 N–H and O–H groups in total. The molecule has 50 heavy (non-hydrogen) atoms. The minimum atomic E-state index is -0.0821. The van der Waals surface area contributed by atoms with Gasteiger partial charge in [-0.1, -0.05) is 135 Å². The Kier molecular flexibility index (Phi) is 6.22. The minimum Gasteiger partial charge on any atom is -0.456 e. The normalized spacial score (nSPS) is 13.2. The Balaban J connectivity index is 1.09. The van der Waals surface area contributed by atoms with Gasteiger partial charge in [-0.2, -0.15) is 0 Å². The van der Waals surface area contributed by atoms with Gasteiger partial charge in [0.1, 0.15) is 11.2 Å². The lowest BCUT2D eigenvalue weighted by Gasteiger charge is -2.22. The predicted molar refractivity (Wildman–Crippen MR) is 206 cm³/mol. The number of aromatic nitrogens is 2. The van der Waals surface area contributed by atoms with E-state index in [1.807, 2.05) is 36.4 Å². The molecule has 0 radical (unpaired) electrons. The molecule has 0 fully saturated rings. The van der Waals surface area contributed by atoms with Crippen molar-refractivity contribution in [1.82, 2.24) is 9.97 Å². The van der Waals surface area contributed by atoms with Gasteiger partial charge < -0.3 is 4.42 Å². The SMILES string of the molecule is CC1(C)c2cc3ccccc3cc2-c2c(-c3ccc(-c4cc(-c5ccc6c(c5)oc5ccccc56)nc(-c5ccccc5)n4)cc3)cccc21. The molecule has 10 rings (SSSR count). The van der Waals surface area contributed by atoms with Crippen LogP contribution in [0.1, 0.15) is 25.0 Å². The molecule has 2 aromatic heterocycles. The maximum Gasteiger partial charge on any atom is 0.160 e. The number of hydrogen-bond donors (Lipinski definition) is 0. The molecule has 0 bridgehead atoms. The third-order valence-electron chi connectivity index (χ3n) is 10.5. The zero-order valence-electron chi connectivity index (χ0n) is 27.8. The molecule has 0 amide bonds. The second kappa shape index (κ2) is 10.8. The van der Waals surface area contributed by atoms with Gasteiger partial charge in [-0.25, -0.2) is 9.97 Å². The second-order valence-corrected chi connectivity index (χ2v) is 13.8. The molecule has 0 unspecified atom stereocenters. The van der Waals surface area contributed by atoms with E-state index in [-0.39, 0.29) is 5.41 Å². The van der Waals surface area contributed by atoms with E-state index in [2.05, 4.69) is 135 Å². The number of hydrogen-bond acceptors (Lipinski definition) is 3. The van der Waals surface area contributed by atoms with E-state index >= 15 is 0 Å². The van der Waals surface area contributed by atoms with Crippen molar-refractivity contribution in [2.45, 2.75) is 19.3 Å². The summed E-state index contributed by atoms with van der Waals surface area (Å²) in [6.07, 6.45) is 0. The Bertz CT molecular complexity index is 2770. The van der Waals surface area contributed by atoms with Gasteiger partial charge in [-0.15, -0.1) is 0 Å². The van der Waals surface area contributed by atoms with Gasteiger partial charge in [-0.05, 0) is 80.6 Å². The van der Waals surface area contributed by atoms with Crippen molar-refractivity contribution in [2.75, 3.05) is 0 Å². The zero-order chi connectivity index (χ0) is 33.4. The molecular weight excluding hydrogens is 609 g/mol. The van der Waals surface area contributed by atoms with Gasteiger partial charge in [0.25, 0.3) is 0 Å². The summed E-state index contributed by atoms with van der Waals surface area (Å²) in [6.45, 7) is 4.70. The standard InChI is InChI=1S/C47H32N2O/c1-47(2)39-17-10-16-35(45(39)38-25-32-13-6-7-14-33(32)26-40(38)47)29-19-21-30(22-20-29)41-28-42(49-46(48-41)31-11-4-3-5-12-31)34-23-24-37-36-15-8-9-18-43(36)50-44(37)27-34/h3-28H,1-2H3. The Hall–Kier alpha value is -6.32. The van der Waals surface area contributed by atoms with E-state index in [1.165, 1.54) is 44.2 Å². The van der Waals surface area contributed by atoms with Crippen molar-refractivity contribution in [3.8, 4) is 56.2 Å². The number of para-hydroxylation sites is 1. The van der Waals surface area contributed by atoms with Gasteiger partial charge in [0.05, 0.1) is 11.4 Å². The summed E-state index contributed by atoms with van der Waals surface area (Å²) in [6, 6.07) is 55.9. The molecule has 3 nitrogen and oxygen atoms in total. The van der Waals surface area contributed by atoms with Gasteiger partial charge in [-0.3, -0.25) is 0 Å². The third-order valence-corrected chi connectivity index (χ3v) is 10.5. The van der Waals surface area contributed by atoms with Gasteiger partial charge in [0.15, 0.2) is 5.82 Å². The third kappa shape index (κ3) is 4.44. The number of fused-ring (bicyclic) bond motifs is 7. The van der Waals surface area contributed by atoms with Crippen LogP contribution in [0.2, 0.25) is 0 Å². The summed E-state index contributed by atoms with van der Waals surface area (Å²) >= 11 is 0. The molecular formula is C47H32N2O. The topological polar surface area (TPSA) is 38.9 Å². The van der Waals surface area contributed by atoms with Crippen LogP contribution < -0.4 is 0 Å². The Labute approximate surface area is 290 Å². The fourth-order valence-corrected chi connectivity index (χ4v) is 7.88. The van der Waals surface area contributed by atoms with Crippen LogP contribution in [0, 0.1) is 0 Å². The molecule has 7 aromatic carbocycles. The first-order valence-electron chi connectivity index (χ1n) is 17.2. The average molecular weight is 641 g/mol. The largest absolute Gasteiger partial charge is 0.456 e. The highest BCUT2D eigenvalue weighted by atomic mass is 16.3. The highest BCUT2D eigenvalue weighted by Gasteiger charge is 2.37. The van der Waals surface area contributed by atoms with Gasteiger partial charge in [0, 0.05) is 32.9 Å². The molecule has 1 aliphatic carbocycles. The quantitative estimate of drug-likeness (QED) is 0.192. The first-order valence-corrected chi connectivity index (χ1v) is 17.2. The number of rotatable bonds is 4. The van der Waals surface area contributed by atoms with Crippen LogP contribution in [-0.4, -0.2) is 9.97 Å². The van der Waals surface area contributed by atoms with Crippen LogP contribution in [0.5, 0.6) is 0 Å². The zero-order valence-corrected chi connectivity index (χ0v) is 27.8. The van der Waals surface area contributed by atoms with E-state index < -0.39 is 0 Å². The fourth-order valence-electron chi connectivity index (χ4n) is 7.88. The summed E-state index contributed by atoms with van der Waals surface area (Å²) in [4.78, 5) is 10.2. The van der Waals surface area contributed by atoms with Crippen LogP contribution >= 0.6 is 0 Å². The van der Waals surface area contributed by atoms with Gasteiger partial charge >= 0.3 is 0 Å². The Morgan fingerprint density at radius 1 is 0.440 bits per heavy atom. The average Bonchev–Trinajstić information content (AvgIpc) is 3.65. The van der Waals surface area contributed by atoms with Crippen molar-refractivity contribution in [1.29, 1.82) is 0 Å². The lowest BCUT2D eigenvalue weighted by molar-refractivity contribution is 0.661. The van der Waals surface area contributed by atoms with E-state index in [0.29, 0.717) is 5.82 Å². The lowest BCUT2D eigenvalue weighted by Crippen LogP contribution is -2.14. The van der Waals surface area contributed by atoms with Crippen LogP contribution in [0.25, 0.3) is 88.9 Å². The van der Waals surface area contributed by atoms with Crippen molar-refractivity contribution < 1.29 is 4.42 Å². The maximum atomic E-state index is 6.24. The summed E-state index contributed by atoms with van der Waals surface area (Å²) in [5.74, 6) is 0.693. The molecule has 0 saturated heterocycles. The van der Waals surface area contributed by atoms with Crippen LogP contribution in [0.15, 0.2) is 162 Å². The van der Waals surface area contributed by atoms with Crippen molar-refractivity contribution in [3.05, 3.63) is 169 Å². The van der Waals surface area contributed by atoms with Crippen LogP contribution in [0.3, 0.4) is 0 Å². The predicted octanol–water partition coefficient (Wildman–Crippen LogP) is 12.5. The molecule has 2 heterocycles. The number of nitrogens with zero attached hydrogens (tertiary/aromatic N) is 2. The smallest absolute Gasteiger partial charge is 0.160 e. The van der Waals surface area contributed by atoms with E-state index in [4.69, 9.17) is 14.4 Å². The van der Waals surface area contributed by atoms with E-state index in [0.717, 1.165) is 50.0 Å². The van der Waals surface area contributed by atoms with Crippen molar-refractivity contribution >= 4 is 32.7 Å². The Morgan fingerprint density at radius 2 is 1.10 bits per heavy atom. The molecule has 236 valence electrons. The fraction of sp³-hybridized carbons (Fsp3) is 0.0638. The van der Waals surface area contributed by atoms with Crippen LogP contribution in [0.4, 0.5) is 0 Å². The molecule has 0 aliphatic heterocycles. The Morgan fingerprint density at radius 3 is 1.92 bits per heavy atom. The van der Waals surface area contributed by atoms with Crippen LogP contribution in [-0.2, 0) is 5.41 Å². The van der Waals surface area contributed by atoms with Crippen molar-refractivity contribution in [3.63, 3.8) is 0 Å². The maximum absolute atomic E-state index is 6.24. The van der Waals surface area contributed by atoms with E-state index in [1.54, 1.807) is 0 Å². The highest BCUT2D eigenvalue weighted by Crippen LogP contribution is 2.53. The minimum absolute atomic E-state index is 0.0821. The first-order chi connectivity index (χ1) is 24.5. The first kappa shape index (κ1) is 28.7. The van der Waals surface area contributed by atoms with Gasteiger partial charge in [0.2, 0.25) is 0 Å². The molecule has 0 spiro atoms. The highest BCUT2D eigenvalue weighted by molar-refractivity contribution is 6.06. The molecule has 9 aromatic rings. The summed E-state index contributed by atoms with van der Waals surface area (Å²) in [7, 11) is 0. The van der Waals surface area contributed by atoms with Crippen molar-refractivity contribution in [2.24, 2.45) is 0 Å². The molecule has 3 heteroatoms. The molecule has 0 atom stereocenters. The number of benzene rings is 7. The summed E-state index contributed by atoms with van der Waals surface area (Å²) < 4.78 is 6.24. The summed E-state index contributed by atoms with van der Waals surface area (Å²) in [5, 5.41) is 4.78.